The lowest BCUT2D eigenvalue weighted by Gasteiger charge is -2.14. The van der Waals surface area contributed by atoms with Gasteiger partial charge in [-0.3, -0.25) is 15.1 Å². The van der Waals surface area contributed by atoms with Crippen molar-refractivity contribution < 1.29 is 17.9 Å². The van der Waals surface area contributed by atoms with Crippen LogP contribution in [0.25, 0.3) is 10.9 Å². The number of H-pyrrole nitrogens is 1. The minimum absolute atomic E-state index is 0.0700. The Bertz CT molecular complexity index is 1080. The molecule has 3 aromatic rings. The molecule has 0 bridgehead atoms. The highest BCUT2D eigenvalue weighted by Crippen LogP contribution is 2.22. The number of aromatic amines is 1. The number of anilines is 2. The number of nitrogens with one attached hydrogen (secondary N) is 4. The van der Waals surface area contributed by atoms with Crippen LogP contribution in [0, 0.1) is 0 Å². The lowest BCUT2D eigenvalue weighted by atomic mass is 10.1. The smallest absolute Gasteiger partial charge is 0.320 e. The number of amides is 2. The molecular weight excluding hydrogens is 396 g/mol. The van der Waals surface area contributed by atoms with Gasteiger partial charge in [0.1, 0.15) is 5.82 Å². The van der Waals surface area contributed by atoms with Crippen LogP contribution >= 0.6 is 0 Å². The summed E-state index contributed by atoms with van der Waals surface area (Å²) in [6, 6.07) is 10.5. The van der Waals surface area contributed by atoms with Crippen LogP contribution in [0.15, 0.2) is 42.6 Å². The molecule has 11 heteroatoms. The predicted octanol–water partition coefficient (Wildman–Crippen LogP) is 2.23. The molecule has 4 N–H and O–H groups in total. The number of urea groups is 1. The summed E-state index contributed by atoms with van der Waals surface area (Å²) in [6.07, 6.45) is 1.43. The second-order valence-corrected chi connectivity index (χ2v) is 8.17. The van der Waals surface area contributed by atoms with Gasteiger partial charge in [-0.2, -0.15) is 5.10 Å². The van der Waals surface area contributed by atoms with Crippen LogP contribution < -0.4 is 15.4 Å². The minimum Gasteiger partial charge on any atom is -0.384 e. The molecule has 1 unspecified atom stereocenters. The number of hydrogen-bond donors (Lipinski definition) is 4. The van der Waals surface area contributed by atoms with Crippen molar-refractivity contribution in [2.24, 2.45) is 0 Å². The Morgan fingerprint density at radius 1 is 1.28 bits per heavy atom. The molecule has 0 aliphatic heterocycles. The molecule has 2 amide bonds. The fraction of sp³-hybridized carbons (Fsp3) is 0.278. The van der Waals surface area contributed by atoms with Crippen LogP contribution in [0.4, 0.5) is 16.4 Å². The number of carbonyl (C=O) groups excluding carboxylic acids is 1. The van der Waals surface area contributed by atoms with E-state index < -0.39 is 16.1 Å². The highest BCUT2D eigenvalue weighted by molar-refractivity contribution is 7.92. The molecular formula is C18H22N6O4S. The fourth-order valence-corrected chi connectivity index (χ4v) is 3.56. The first-order valence-corrected chi connectivity index (χ1v) is 10.5. The predicted molar refractivity (Wildman–Crippen MR) is 110 cm³/mol. The zero-order valence-corrected chi connectivity index (χ0v) is 16.8. The van der Waals surface area contributed by atoms with Crippen LogP contribution in [0.1, 0.15) is 18.5 Å². The van der Waals surface area contributed by atoms with Crippen molar-refractivity contribution in [3.63, 3.8) is 0 Å². The molecule has 154 valence electrons. The third-order valence-electron chi connectivity index (χ3n) is 4.14. The van der Waals surface area contributed by atoms with Gasteiger partial charge in [0, 0.05) is 19.4 Å². The van der Waals surface area contributed by atoms with Gasteiger partial charge in [-0.05, 0) is 12.5 Å². The van der Waals surface area contributed by atoms with Gasteiger partial charge in [0.2, 0.25) is 10.0 Å². The first kappa shape index (κ1) is 20.6. The summed E-state index contributed by atoms with van der Waals surface area (Å²) in [7, 11) is -2.17. The van der Waals surface area contributed by atoms with E-state index in [0.717, 1.165) is 5.56 Å². The third-order valence-corrected chi connectivity index (χ3v) is 5.35. The lowest BCUT2D eigenvalue weighted by Crippen LogP contribution is -2.31. The molecule has 0 spiro atoms. The monoisotopic (exact) mass is 418 g/mol. The Morgan fingerprint density at radius 3 is 2.76 bits per heavy atom. The first-order valence-electron chi connectivity index (χ1n) is 8.84. The highest BCUT2D eigenvalue weighted by Gasteiger charge is 2.16. The number of ether oxygens (including phenoxy) is 1. The Morgan fingerprint density at radius 2 is 2.03 bits per heavy atom. The average molecular weight is 418 g/mol. The van der Waals surface area contributed by atoms with Crippen molar-refractivity contribution in [1.82, 2.24) is 20.5 Å². The van der Waals surface area contributed by atoms with Gasteiger partial charge >= 0.3 is 6.03 Å². The van der Waals surface area contributed by atoms with Crippen molar-refractivity contribution in [2.75, 3.05) is 29.5 Å². The molecule has 1 atom stereocenters. The van der Waals surface area contributed by atoms with Crippen LogP contribution in [-0.2, 0) is 14.8 Å². The molecule has 29 heavy (non-hydrogen) atoms. The zero-order chi connectivity index (χ0) is 20.9. The molecule has 2 heterocycles. The van der Waals surface area contributed by atoms with Gasteiger partial charge in [-0.25, -0.2) is 18.2 Å². The van der Waals surface area contributed by atoms with E-state index >= 15 is 0 Å². The first-order chi connectivity index (χ1) is 13.9. The molecule has 3 rings (SSSR count). The van der Waals surface area contributed by atoms with E-state index in [-0.39, 0.29) is 24.2 Å². The number of sulfonamides is 1. The fourth-order valence-electron chi connectivity index (χ4n) is 2.62. The summed E-state index contributed by atoms with van der Waals surface area (Å²) in [4.78, 5) is 16.4. The Kier molecular flexibility index (Phi) is 6.29. The molecule has 0 aliphatic rings. The number of benzene rings is 1. The van der Waals surface area contributed by atoms with Gasteiger partial charge in [0.25, 0.3) is 0 Å². The number of methoxy groups -OCH3 is 1. The maximum absolute atomic E-state index is 12.2. The van der Waals surface area contributed by atoms with Gasteiger partial charge in [-0.15, -0.1) is 0 Å². The van der Waals surface area contributed by atoms with Gasteiger partial charge in [-0.1, -0.05) is 30.3 Å². The summed E-state index contributed by atoms with van der Waals surface area (Å²) >= 11 is 0. The second-order valence-electron chi connectivity index (χ2n) is 6.33. The van der Waals surface area contributed by atoms with E-state index in [1.165, 1.54) is 13.3 Å². The van der Waals surface area contributed by atoms with E-state index in [1.807, 2.05) is 37.3 Å². The Labute approximate surface area is 168 Å². The number of rotatable bonds is 8. The zero-order valence-electron chi connectivity index (χ0n) is 16.0. The highest BCUT2D eigenvalue weighted by atomic mass is 32.2. The second kappa shape index (κ2) is 8.88. The van der Waals surface area contributed by atoms with Gasteiger partial charge in [0.05, 0.1) is 29.3 Å². The average Bonchev–Trinajstić information content (AvgIpc) is 3.08. The summed E-state index contributed by atoms with van der Waals surface area (Å²) in [6.45, 7) is 1.95. The summed E-state index contributed by atoms with van der Waals surface area (Å²) in [5, 5.41) is 12.7. The largest absolute Gasteiger partial charge is 0.384 e. The SMILES string of the molecule is COCCS(=O)(=O)Nc1n[nH]c2cc(NC(=O)NC(C)c3ccccc3)ncc12. The number of carbonyl (C=O) groups is 1. The van der Waals surface area contributed by atoms with E-state index in [9.17, 15) is 13.2 Å². The molecule has 0 fully saturated rings. The van der Waals surface area contributed by atoms with E-state index in [2.05, 4.69) is 30.5 Å². The van der Waals surface area contributed by atoms with Gasteiger partial charge in [0.15, 0.2) is 5.82 Å². The summed E-state index contributed by atoms with van der Waals surface area (Å²) in [5.41, 5.74) is 1.50. The molecule has 1 aromatic carbocycles. The van der Waals surface area contributed by atoms with Crippen molar-refractivity contribution >= 4 is 38.6 Å². The normalized spacial score (nSPS) is 12.5. The standard InChI is InChI=1S/C18H22N6O4S/c1-12(13-6-4-3-5-7-13)20-18(25)21-16-10-15-14(11-19-16)17(23-22-15)24-29(26,27)9-8-28-2/h3-7,10-12H,8-9H2,1-2H3,(H2,22,23,24)(H2,19,20,21,25). The topological polar surface area (TPSA) is 138 Å². The number of hydrogen-bond acceptors (Lipinski definition) is 6. The molecule has 10 nitrogen and oxygen atoms in total. The maximum atomic E-state index is 12.2. The Hall–Kier alpha value is -3.18. The van der Waals surface area contributed by atoms with E-state index in [1.54, 1.807) is 6.07 Å². The van der Waals surface area contributed by atoms with E-state index in [0.29, 0.717) is 16.7 Å². The Balaban J connectivity index is 1.67. The number of aromatic nitrogens is 3. The van der Waals surface area contributed by atoms with Gasteiger partial charge < -0.3 is 10.1 Å². The minimum atomic E-state index is -3.59. The van der Waals surface area contributed by atoms with Crippen molar-refractivity contribution in [2.45, 2.75) is 13.0 Å². The number of nitrogens with zero attached hydrogens (tertiary/aromatic N) is 2. The molecule has 2 aromatic heterocycles. The molecule has 0 saturated heterocycles. The third kappa shape index (κ3) is 5.42. The maximum Gasteiger partial charge on any atom is 0.320 e. The molecule has 0 radical (unpaired) electrons. The quantitative estimate of drug-likeness (QED) is 0.442. The molecule has 0 saturated carbocycles. The number of pyridine rings is 1. The van der Waals surface area contributed by atoms with E-state index in [4.69, 9.17) is 4.74 Å². The van der Waals surface area contributed by atoms with Crippen LogP contribution in [-0.4, -0.2) is 49.1 Å². The van der Waals surface area contributed by atoms with Crippen LogP contribution in [0.5, 0.6) is 0 Å². The van der Waals surface area contributed by atoms with Crippen molar-refractivity contribution in [1.29, 1.82) is 0 Å². The lowest BCUT2D eigenvalue weighted by molar-refractivity contribution is 0.217. The number of fused-ring (bicyclic) bond motifs is 1. The van der Waals surface area contributed by atoms with Crippen molar-refractivity contribution in [3.05, 3.63) is 48.2 Å². The summed E-state index contributed by atoms with van der Waals surface area (Å²) < 4.78 is 31.2. The van der Waals surface area contributed by atoms with Crippen LogP contribution in [0.3, 0.4) is 0 Å². The summed E-state index contributed by atoms with van der Waals surface area (Å²) in [5.74, 6) is 0.245. The molecule has 0 aliphatic carbocycles. The van der Waals surface area contributed by atoms with Crippen LogP contribution in [0.2, 0.25) is 0 Å². The van der Waals surface area contributed by atoms with Crippen molar-refractivity contribution in [3.8, 4) is 0 Å².